The second-order valence-corrected chi connectivity index (χ2v) is 4.82. The number of hydrogen-bond acceptors (Lipinski definition) is 2. The van der Waals surface area contributed by atoms with Crippen LogP contribution in [0.2, 0.25) is 0 Å². The van der Waals surface area contributed by atoms with Gasteiger partial charge in [0.05, 0.1) is 5.56 Å². The molecule has 20 heavy (non-hydrogen) atoms. The van der Waals surface area contributed by atoms with Gasteiger partial charge in [-0.05, 0) is 37.1 Å². The molecule has 0 radical (unpaired) electrons. The number of carbonyl (C=O) groups excluding carboxylic acids is 1. The lowest BCUT2D eigenvalue weighted by Gasteiger charge is -2.10. The molecule has 4 heteroatoms. The van der Waals surface area contributed by atoms with Gasteiger partial charge in [-0.15, -0.1) is 0 Å². The number of aromatic amines is 1. The van der Waals surface area contributed by atoms with Gasteiger partial charge in [-0.1, -0.05) is 18.2 Å². The monoisotopic (exact) mass is 265 g/mol. The van der Waals surface area contributed by atoms with Crippen molar-refractivity contribution < 1.29 is 4.79 Å². The van der Waals surface area contributed by atoms with Crippen molar-refractivity contribution in [2.24, 2.45) is 0 Å². The zero-order valence-electron chi connectivity index (χ0n) is 11.4. The minimum atomic E-state index is -0.123. The largest absolute Gasteiger partial charge is 0.345 e. The first-order chi connectivity index (χ1) is 9.66. The van der Waals surface area contributed by atoms with Gasteiger partial charge in [0.1, 0.15) is 5.65 Å². The summed E-state index contributed by atoms with van der Waals surface area (Å²) in [6.07, 6.45) is 3.40. The van der Waals surface area contributed by atoms with Crippen LogP contribution in [0.25, 0.3) is 11.0 Å². The van der Waals surface area contributed by atoms with Gasteiger partial charge in [-0.2, -0.15) is 0 Å². The normalized spacial score (nSPS) is 10.7. The summed E-state index contributed by atoms with van der Waals surface area (Å²) in [6, 6.07) is 9.67. The second-order valence-electron chi connectivity index (χ2n) is 4.82. The first-order valence-corrected chi connectivity index (χ1v) is 6.46. The van der Waals surface area contributed by atoms with Crippen LogP contribution < -0.4 is 5.32 Å². The molecule has 100 valence electrons. The van der Waals surface area contributed by atoms with Crippen LogP contribution >= 0.6 is 0 Å². The van der Waals surface area contributed by atoms with E-state index in [-0.39, 0.29) is 5.91 Å². The zero-order valence-corrected chi connectivity index (χ0v) is 11.4. The molecule has 0 aliphatic heterocycles. The maximum absolute atomic E-state index is 12.4. The molecule has 0 spiro atoms. The van der Waals surface area contributed by atoms with Crippen molar-refractivity contribution in [2.45, 2.75) is 13.8 Å². The fourth-order valence-electron chi connectivity index (χ4n) is 2.34. The number of amides is 1. The summed E-state index contributed by atoms with van der Waals surface area (Å²) >= 11 is 0. The number of H-pyrrole nitrogens is 1. The molecule has 0 aliphatic rings. The number of nitrogens with one attached hydrogen (secondary N) is 2. The van der Waals surface area contributed by atoms with E-state index in [4.69, 9.17) is 0 Å². The number of aromatic nitrogens is 2. The predicted octanol–water partition coefficient (Wildman–Crippen LogP) is 3.43. The lowest BCUT2D eigenvalue weighted by atomic mass is 10.1. The van der Waals surface area contributed by atoms with E-state index in [1.165, 1.54) is 0 Å². The summed E-state index contributed by atoms with van der Waals surface area (Å²) in [7, 11) is 0. The van der Waals surface area contributed by atoms with Gasteiger partial charge >= 0.3 is 0 Å². The third kappa shape index (κ3) is 2.05. The van der Waals surface area contributed by atoms with Crippen molar-refractivity contribution in [2.75, 3.05) is 5.32 Å². The van der Waals surface area contributed by atoms with E-state index in [1.54, 1.807) is 12.4 Å². The summed E-state index contributed by atoms with van der Waals surface area (Å²) in [5.74, 6) is -0.123. The Morgan fingerprint density at radius 1 is 1.15 bits per heavy atom. The Hall–Kier alpha value is -2.62. The number of carbonyl (C=O) groups is 1. The molecular weight excluding hydrogens is 250 g/mol. The highest BCUT2D eigenvalue weighted by molar-refractivity contribution is 6.12. The fourth-order valence-corrected chi connectivity index (χ4v) is 2.34. The smallest absolute Gasteiger partial charge is 0.257 e. The average molecular weight is 265 g/mol. The lowest BCUT2D eigenvalue weighted by molar-refractivity contribution is 0.102. The van der Waals surface area contributed by atoms with Crippen molar-refractivity contribution >= 4 is 22.6 Å². The molecular formula is C16H15N3O. The minimum Gasteiger partial charge on any atom is -0.345 e. The lowest BCUT2D eigenvalue weighted by Crippen LogP contribution is -2.13. The van der Waals surface area contributed by atoms with Crippen LogP contribution in [0.5, 0.6) is 0 Å². The maximum atomic E-state index is 12.4. The number of benzene rings is 1. The first-order valence-electron chi connectivity index (χ1n) is 6.46. The molecule has 3 aromatic rings. The zero-order chi connectivity index (χ0) is 14.1. The minimum absolute atomic E-state index is 0.123. The van der Waals surface area contributed by atoms with Gasteiger partial charge in [0.2, 0.25) is 0 Å². The summed E-state index contributed by atoms with van der Waals surface area (Å²) in [5.41, 5.74) is 4.30. The Kier molecular flexibility index (Phi) is 2.99. The number of aryl methyl sites for hydroxylation is 2. The Morgan fingerprint density at radius 3 is 2.65 bits per heavy atom. The Morgan fingerprint density at radius 2 is 1.90 bits per heavy atom. The van der Waals surface area contributed by atoms with Crippen LogP contribution in [0.1, 0.15) is 21.5 Å². The van der Waals surface area contributed by atoms with Crippen molar-refractivity contribution in [3.05, 3.63) is 59.4 Å². The average Bonchev–Trinajstić information content (AvgIpc) is 2.87. The molecule has 2 aromatic heterocycles. The quantitative estimate of drug-likeness (QED) is 0.745. The van der Waals surface area contributed by atoms with E-state index in [0.717, 1.165) is 27.8 Å². The highest BCUT2D eigenvalue weighted by Gasteiger charge is 2.14. The third-order valence-electron chi connectivity index (χ3n) is 3.42. The maximum Gasteiger partial charge on any atom is 0.257 e. The molecule has 0 fully saturated rings. The molecule has 0 saturated carbocycles. The number of anilines is 1. The molecule has 2 N–H and O–H groups in total. The highest BCUT2D eigenvalue weighted by atomic mass is 16.1. The summed E-state index contributed by atoms with van der Waals surface area (Å²) in [4.78, 5) is 19.6. The molecule has 0 bridgehead atoms. The standard InChI is InChI=1S/C16H15N3O/c1-10-5-3-6-11(2)14(10)19-16(20)13-9-18-15-12(13)7-4-8-17-15/h3-9H,1-2H3,(H,17,18)(H,19,20). The van der Waals surface area contributed by atoms with Gasteiger partial charge < -0.3 is 10.3 Å². The van der Waals surface area contributed by atoms with Crippen molar-refractivity contribution in [1.29, 1.82) is 0 Å². The number of nitrogens with zero attached hydrogens (tertiary/aromatic N) is 1. The molecule has 1 amide bonds. The van der Waals surface area contributed by atoms with Crippen LogP contribution in [0.15, 0.2) is 42.7 Å². The summed E-state index contributed by atoms with van der Waals surface area (Å²) < 4.78 is 0. The van der Waals surface area contributed by atoms with E-state index < -0.39 is 0 Å². The molecule has 4 nitrogen and oxygen atoms in total. The van der Waals surface area contributed by atoms with Crippen LogP contribution in [0, 0.1) is 13.8 Å². The molecule has 1 aromatic carbocycles. The van der Waals surface area contributed by atoms with Gasteiger partial charge in [0.25, 0.3) is 5.91 Å². The third-order valence-corrected chi connectivity index (χ3v) is 3.42. The highest BCUT2D eigenvalue weighted by Crippen LogP contribution is 2.22. The predicted molar refractivity (Wildman–Crippen MR) is 80.0 cm³/mol. The van der Waals surface area contributed by atoms with Crippen LogP contribution in [0.4, 0.5) is 5.69 Å². The van der Waals surface area contributed by atoms with Crippen LogP contribution in [0.3, 0.4) is 0 Å². The topological polar surface area (TPSA) is 57.8 Å². The summed E-state index contributed by atoms with van der Waals surface area (Å²) in [5, 5.41) is 3.82. The van der Waals surface area contributed by atoms with Crippen molar-refractivity contribution in [1.82, 2.24) is 9.97 Å². The van der Waals surface area contributed by atoms with Gasteiger partial charge in [0, 0.05) is 23.5 Å². The Bertz CT molecular complexity index is 769. The molecule has 0 saturated heterocycles. The van der Waals surface area contributed by atoms with E-state index in [9.17, 15) is 4.79 Å². The second kappa shape index (κ2) is 4.81. The van der Waals surface area contributed by atoms with Crippen molar-refractivity contribution in [3.8, 4) is 0 Å². The molecule has 0 unspecified atom stereocenters. The number of hydrogen-bond donors (Lipinski definition) is 2. The first kappa shape index (κ1) is 12.4. The molecule has 0 aliphatic carbocycles. The SMILES string of the molecule is Cc1cccc(C)c1NC(=O)c1c[nH]c2ncccc12. The Balaban J connectivity index is 1.98. The van der Waals surface area contributed by atoms with Gasteiger partial charge in [0.15, 0.2) is 0 Å². The van der Waals surface area contributed by atoms with Gasteiger partial charge in [-0.3, -0.25) is 4.79 Å². The van der Waals surface area contributed by atoms with E-state index in [1.807, 2.05) is 44.2 Å². The Labute approximate surface area is 116 Å². The number of fused-ring (bicyclic) bond motifs is 1. The van der Waals surface area contributed by atoms with Crippen molar-refractivity contribution in [3.63, 3.8) is 0 Å². The van der Waals surface area contributed by atoms with Gasteiger partial charge in [-0.25, -0.2) is 4.98 Å². The van der Waals surface area contributed by atoms with E-state index in [2.05, 4.69) is 15.3 Å². The van der Waals surface area contributed by atoms with E-state index >= 15 is 0 Å². The van der Waals surface area contributed by atoms with Crippen LogP contribution in [-0.4, -0.2) is 15.9 Å². The number of pyridine rings is 1. The summed E-state index contributed by atoms with van der Waals surface area (Å²) in [6.45, 7) is 3.97. The molecule has 3 rings (SSSR count). The molecule has 2 heterocycles. The number of rotatable bonds is 2. The van der Waals surface area contributed by atoms with E-state index in [0.29, 0.717) is 5.56 Å². The fraction of sp³-hybridized carbons (Fsp3) is 0.125. The molecule has 0 atom stereocenters. The van der Waals surface area contributed by atoms with Crippen LogP contribution in [-0.2, 0) is 0 Å². The number of para-hydroxylation sites is 1.